The largest absolute Gasteiger partial charge is 0.489 e. The van der Waals surface area contributed by atoms with E-state index in [2.05, 4.69) is 17.2 Å². The van der Waals surface area contributed by atoms with Gasteiger partial charge in [0.25, 0.3) is 5.91 Å². The average molecular weight is 318 g/mol. The second kappa shape index (κ2) is 5.64. The summed E-state index contributed by atoms with van der Waals surface area (Å²) in [6, 6.07) is 15.4. The number of carbonyl (C=O) groups is 1. The lowest BCUT2D eigenvalue weighted by Gasteiger charge is -2.11. The minimum Gasteiger partial charge on any atom is -0.489 e. The molecule has 1 N–H and O–H groups in total. The van der Waals surface area contributed by atoms with E-state index in [-0.39, 0.29) is 17.9 Å². The predicted octanol–water partition coefficient (Wildman–Crippen LogP) is 4.37. The summed E-state index contributed by atoms with van der Waals surface area (Å²) in [5.41, 5.74) is 3.14. The Morgan fingerprint density at radius 2 is 1.88 bits per heavy atom. The van der Waals surface area contributed by atoms with Crippen LogP contribution in [-0.2, 0) is 0 Å². The molecular formula is C20H18N2O2. The number of ether oxygens (including phenoxy) is 1. The monoisotopic (exact) mass is 318 g/mol. The summed E-state index contributed by atoms with van der Waals surface area (Å²) < 4.78 is 5.92. The molecule has 1 aliphatic heterocycles. The van der Waals surface area contributed by atoms with Gasteiger partial charge in [0, 0.05) is 23.1 Å². The molecule has 0 saturated carbocycles. The van der Waals surface area contributed by atoms with Crippen LogP contribution in [0.5, 0.6) is 5.75 Å². The summed E-state index contributed by atoms with van der Waals surface area (Å²) in [7, 11) is 0. The van der Waals surface area contributed by atoms with Gasteiger partial charge in [-0.25, -0.2) is 0 Å². The van der Waals surface area contributed by atoms with Gasteiger partial charge < -0.3 is 10.1 Å². The quantitative estimate of drug-likeness (QED) is 0.763. The minimum atomic E-state index is -0.175. The van der Waals surface area contributed by atoms with E-state index in [4.69, 9.17) is 4.74 Å². The van der Waals surface area contributed by atoms with Crippen LogP contribution in [-0.4, -0.2) is 17.0 Å². The van der Waals surface area contributed by atoms with Gasteiger partial charge in [-0.3, -0.25) is 9.78 Å². The normalized spacial score (nSPS) is 18.9. The number of aromatic nitrogens is 1. The highest BCUT2D eigenvalue weighted by molar-refractivity contribution is 6.10. The van der Waals surface area contributed by atoms with Crippen LogP contribution in [0.1, 0.15) is 35.7 Å². The number of fused-ring (bicyclic) bond motifs is 2. The maximum Gasteiger partial charge on any atom is 0.259 e. The lowest BCUT2D eigenvalue weighted by Crippen LogP contribution is -2.14. The SMILES string of the molecule is C[C@@H]1c2cccc(C(=O)Nc3cccc4cccnc34)c2O[C@@H]1C. The molecule has 0 saturated heterocycles. The van der Waals surface area contributed by atoms with Crippen LogP contribution < -0.4 is 10.1 Å². The van der Waals surface area contributed by atoms with Gasteiger partial charge >= 0.3 is 0 Å². The lowest BCUT2D eigenvalue weighted by atomic mass is 9.97. The molecule has 4 rings (SSSR count). The Bertz CT molecular complexity index is 931. The van der Waals surface area contributed by atoms with E-state index in [0.29, 0.717) is 17.0 Å². The van der Waals surface area contributed by atoms with Crippen molar-refractivity contribution in [3.63, 3.8) is 0 Å². The highest BCUT2D eigenvalue weighted by Crippen LogP contribution is 2.40. The molecule has 0 unspecified atom stereocenters. The van der Waals surface area contributed by atoms with E-state index in [1.165, 1.54) is 0 Å². The van der Waals surface area contributed by atoms with Crippen molar-refractivity contribution in [3.05, 3.63) is 65.9 Å². The van der Waals surface area contributed by atoms with Gasteiger partial charge in [-0.15, -0.1) is 0 Å². The van der Waals surface area contributed by atoms with Crippen LogP contribution in [0.25, 0.3) is 10.9 Å². The third-order valence-electron chi connectivity index (χ3n) is 4.67. The van der Waals surface area contributed by atoms with Crippen molar-refractivity contribution in [1.29, 1.82) is 0 Å². The molecule has 4 nitrogen and oxygen atoms in total. The van der Waals surface area contributed by atoms with E-state index in [1.54, 1.807) is 12.3 Å². The summed E-state index contributed by atoms with van der Waals surface area (Å²) in [6.07, 6.45) is 1.80. The van der Waals surface area contributed by atoms with Gasteiger partial charge in [0.05, 0.1) is 16.8 Å². The fraction of sp³-hybridized carbons (Fsp3) is 0.200. The molecule has 1 amide bonds. The van der Waals surface area contributed by atoms with Crippen LogP contribution in [0.3, 0.4) is 0 Å². The lowest BCUT2D eigenvalue weighted by molar-refractivity contribution is 0.102. The number of amides is 1. The zero-order chi connectivity index (χ0) is 16.7. The van der Waals surface area contributed by atoms with Crippen molar-refractivity contribution in [2.45, 2.75) is 25.9 Å². The van der Waals surface area contributed by atoms with Gasteiger partial charge in [0.15, 0.2) is 0 Å². The molecule has 3 aromatic rings. The Morgan fingerprint density at radius 3 is 2.75 bits per heavy atom. The second-order valence-corrected chi connectivity index (χ2v) is 6.17. The summed E-state index contributed by atoms with van der Waals surface area (Å²) in [6.45, 7) is 4.15. The molecule has 4 heteroatoms. The molecule has 0 spiro atoms. The highest BCUT2D eigenvalue weighted by Gasteiger charge is 2.31. The molecule has 0 fully saturated rings. The third-order valence-corrected chi connectivity index (χ3v) is 4.67. The Balaban J connectivity index is 1.71. The van der Waals surface area contributed by atoms with Crippen molar-refractivity contribution in [2.75, 3.05) is 5.32 Å². The number of hydrogen-bond donors (Lipinski definition) is 1. The van der Waals surface area contributed by atoms with E-state index in [1.807, 2.05) is 49.4 Å². The number of para-hydroxylation sites is 2. The average Bonchev–Trinajstić information content (AvgIpc) is 2.90. The summed E-state index contributed by atoms with van der Waals surface area (Å²) in [4.78, 5) is 17.2. The van der Waals surface area contributed by atoms with Crippen molar-refractivity contribution < 1.29 is 9.53 Å². The van der Waals surface area contributed by atoms with Crippen molar-refractivity contribution >= 4 is 22.5 Å². The molecule has 1 aromatic heterocycles. The molecular weight excluding hydrogens is 300 g/mol. The van der Waals surface area contributed by atoms with Crippen molar-refractivity contribution in [3.8, 4) is 5.75 Å². The predicted molar refractivity (Wildman–Crippen MR) is 94.6 cm³/mol. The zero-order valence-corrected chi connectivity index (χ0v) is 13.6. The number of benzene rings is 2. The molecule has 2 heterocycles. The number of nitrogens with zero attached hydrogens (tertiary/aromatic N) is 1. The smallest absolute Gasteiger partial charge is 0.259 e. The number of hydrogen-bond acceptors (Lipinski definition) is 3. The molecule has 120 valence electrons. The molecule has 0 radical (unpaired) electrons. The standard InChI is InChI=1S/C20H18N2O2/c1-12-13(2)24-19-15(12)8-4-9-16(19)20(23)22-17-10-3-6-14-7-5-11-21-18(14)17/h3-13H,1-2H3,(H,22,23)/t12-,13+/m0/s1. The van der Waals surface area contributed by atoms with Crippen LogP contribution in [0, 0.1) is 0 Å². The maximum absolute atomic E-state index is 12.8. The fourth-order valence-electron chi connectivity index (χ4n) is 3.16. The summed E-state index contributed by atoms with van der Waals surface area (Å²) in [5.74, 6) is 0.807. The number of rotatable bonds is 2. The molecule has 24 heavy (non-hydrogen) atoms. The van der Waals surface area contributed by atoms with E-state index >= 15 is 0 Å². The molecule has 0 bridgehead atoms. The maximum atomic E-state index is 12.8. The van der Waals surface area contributed by atoms with Gasteiger partial charge in [-0.1, -0.05) is 37.3 Å². The molecule has 2 aromatic carbocycles. The molecule has 1 aliphatic rings. The topological polar surface area (TPSA) is 51.2 Å². The molecule has 0 aliphatic carbocycles. The number of nitrogens with one attached hydrogen (secondary N) is 1. The van der Waals surface area contributed by atoms with Crippen molar-refractivity contribution in [1.82, 2.24) is 4.98 Å². The number of carbonyl (C=O) groups excluding carboxylic acids is 1. The highest BCUT2D eigenvalue weighted by atomic mass is 16.5. The Labute approximate surface area is 140 Å². The summed E-state index contributed by atoms with van der Waals surface area (Å²) in [5, 5.41) is 3.97. The first-order valence-electron chi connectivity index (χ1n) is 8.10. The van der Waals surface area contributed by atoms with Crippen LogP contribution in [0.2, 0.25) is 0 Å². The van der Waals surface area contributed by atoms with E-state index < -0.39 is 0 Å². The number of anilines is 1. The minimum absolute atomic E-state index is 0.0770. The first-order valence-corrected chi connectivity index (χ1v) is 8.10. The van der Waals surface area contributed by atoms with Gasteiger partial charge in [-0.2, -0.15) is 0 Å². The van der Waals surface area contributed by atoms with Gasteiger partial charge in [0.2, 0.25) is 0 Å². The first-order chi connectivity index (χ1) is 11.6. The first kappa shape index (κ1) is 14.7. The van der Waals surface area contributed by atoms with Crippen LogP contribution in [0.15, 0.2) is 54.7 Å². The van der Waals surface area contributed by atoms with E-state index in [9.17, 15) is 4.79 Å². The van der Waals surface area contributed by atoms with Crippen LogP contribution >= 0.6 is 0 Å². The Kier molecular flexibility index (Phi) is 3.45. The Hall–Kier alpha value is -2.88. The Morgan fingerprint density at radius 1 is 1.08 bits per heavy atom. The van der Waals surface area contributed by atoms with Crippen molar-refractivity contribution in [2.24, 2.45) is 0 Å². The number of pyridine rings is 1. The van der Waals surface area contributed by atoms with Gasteiger partial charge in [0.1, 0.15) is 11.9 Å². The van der Waals surface area contributed by atoms with Gasteiger partial charge in [-0.05, 0) is 25.1 Å². The van der Waals surface area contributed by atoms with Crippen LogP contribution in [0.4, 0.5) is 5.69 Å². The fourth-order valence-corrected chi connectivity index (χ4v) is 3.16. The van der Waals surface area contributed by atoms with E-state index in [0.717, 1.165) is 16.5 Å². The summed E-state index contributed by atoms with van der Waals surface area (Å²) >= 11 is 0. The zero-order valence-electron chi connectivity index (χ0n) is 13.6. The second-order valence-electron chi connectivity index (χ2n) is 6.17. The molecule has 2 atom stereocenters. The third kappa shape index (κ3) is 2.31.